The Kier molecular flexibility index (Phi) is 8.54. The number of methoxy groups -OCH3 is 1. The van der Waals surface area contributed by atoms with E-state index < -0.39 is 31.5 Å². The quantitative estimate of drug-likeness (QED) is 0.491. The Bertz CT molecular complexity index is 839. The van der Waals surface area contributed by atoms with Crippen LogP contribution >= 0.6 is 7.60 Å². The average Bonchev–Trinajstić information content (AvgIpc) is 3.14. The summed E-state index contributed by atoms with van der Waals surface area (Å²) in [6.45, 7) is 9.48. The molecule has 0 aromatic heterocycles. The summed E-state index contributed by atoms with van der Waals surface area (Å²) in [5.41, 5.74) is 0.145. The van der Waals surface area contributed by atoms with Gasteiger partial charge in [-0.3, -0.25) is 14.3 Å². The van der Waals surface area contributed by atoms with Crippen LogP contribution in [0.5, 0.6) is 5.75 Å². The summed E-state index contributed by atoms with van der Waals surface area (Å²) in [6.07, 6.45) is -0.561. The highest BCUT2D eigenvalue weighted by Gasteiger charge is 2.50. The largest absolute Gasteiger partial charge is 0.497 e. The number of likely N-dealkylation sites (tertiary alicyclic amines) is 1. The first kappa shape index (κ1) is 26.4. The molecule has 0 unspecified atom stereocenters. The lowest BCUT2D eigenvalue weighted by atomic mass is 9.84. The molecule has 0 aliphatic carbocycles. The van der Waals surface area contributed by atoms with Crippen LogP contribution in [0.4, 0.5) is 4.79 Å². The number of nitrogens with zero attached hydrogens (tertiary/aromatic N) is 1. The van der Waals surface area contributed by atoms with Crippen molar-refractivity contribution in [2.75, 3.05) is 27.5 Å². The molecule has 1 aromatic carbocycles. The van der Waals surface area contributed by atoms with Crippen LogP contribution < -0.4 is 4.74 Å². The Labute approximate surface area is 191 Å². The lowest BCUT2D eigenvalue weighted by molar-refractivity contribution is -0.121. The van der Waals surface area contributed by atoms with Crippen molar-refractivity contribution < 1.29 is 32.7 Å². The topological polar surface area (TPSA) is 91.4 Å². The molecular formula is C23H36NO7P. The van der Waals surface area contributed by atoms with E-state index in [4.69, 9.17) is 18.5 Å². The van der Waals surface area contributed by atoms with E-state index in [1.54, 1.807) is 27.9 Å². The lowest BCUT2D eigenvalue weighted by Crippen LogP contribution is -2.45. The van der Waals surface area contributed by atoms with Crippen molar-refractivity contribution in [3.05, 3.63) is 29.8 Å². The van der Waals surface area contributed by atoms with Crippen molar-refractivity contribution in [1.82, 2.24) is 4.90 Å². The Morgan fingerprint density at radius 2 is 1.66 bits per heavy atom. The molecule has 2 rings (SSSR count). The molecule has 180 valence electrons. The van der Waals surface area contributed by atoms with Crippen LogP contribution in [0.3, 0.4) is 0 Å². The standard InChI is InChI=1S/C23H36NO7P/c1-15(2)18-13-19(20(25)14-32(27,29-7)30-8)24(22(26)31-23(3,4)5)21(18)16-9-11-17(28-6)12-10-16/h9-12,15,18-19,21H,13-14H2,1-8H3/t18-,19-,21-/m0/s1. The molecule has 0 spiro atoms. The fourth-order valence-electron chi connectivity index (χ4n) is 4.09. The predicted molar refractivity (Wildman–Crippen MR) is 122 cm³/mol. The molecule has 1 fully saturated rings. The zero-order valence-corrected chi connectivity index (χ0v) is 21.2. The van der Waals surface area contributed by atoms with Gasteiger partial charge in [-0.1, -0.05) is 26.0 Å². The molecule has 0 saturated carbocycles. The number of carbonyl (C=O) groups is 2. The molecular weight excluding hydrogens is 433 g/mol. The number of carbonyl (C=O) groups excluding carboxylic acids is 2. The van der Waals surface area contributed by atoms with Crippen molar-refractivity contribution in [2.24, 2.45) is 11.8 Å². The fourth-order valence-corrected chi connectivity index (χ4v) is 5.09. The van der Waals surface area contributed by atoms with Crippen LogP contribution in [-0.2, 0) is 23.1 Å². The van der Waals surface area contributed by atoms with Crippen molar-refractivity contribution in [3.63, 3.8) is 0 Å². The van der Waals surface area contributed by atoms with Crippen molar-refractivity contribution in [1.29, 1.82) is 0 Å². The van der Waals surface area contributed by atoms with Crippen LogP contribution in [0, 0.1) is 11.8 Å². The highest BCUT2D eigenvalue weighted by atomic mass is 31.2. The molecule has 1 aliphatic heterocycles. The van der Waals surface area contributed by atoms with E-state index >= 15 is 0 Å². The third-order valence-electron chi connectivity index (χ3n) is 5.73. The molecule has 8 nitrogen and oxygen atoms in total. The number of ketones is 1. The first-order chi connectivity index (χ1) is 14.9. The van der Waals surface area contributed by atoms with Gasteiger partial charge in [-0.05, 0) is 56.7 Å². The molecule has 32 heavy (non-hydrogen) atoms. The van der Waals surface area contributed by atoms with Gasteiger partial charge in [-0.15, -0.1) is 0 Å². The first-order valence-electron chi connectivity index (χ1n) is 10.7. The second-order valence-corrected chi connectivity index (χ2v) is 11.6. The van der Waals surface area contributed by atoms with Crippen LogP contribution in [0.25, 0.3) is 0 Å². The van der Waals surface area contributed by atoms with Crippen molar-refractivity contribution in [2.45, 2.75) is 58.7 Å². The SMILES string of the molecule is COc1ccc([C@H]2[C@H](C(C)C)C[C@@H](C(=O)CP(=O)(OC)OC)N2C(=O)OC(C)(C)C)cc1. The summed E-state index contributed by atoms with van der Waals surface area (Å²) >= 11 is 0. The Balaban J connectivity index is 2.52. The number of amides is 1. The van der Waals surface area contributed by atoms with Crippen LogP contribution in [0.1, 0.15) is 52.6 Å². The number of benzene rings is 1. The summed E-state index contributed by atoms with van der Waals surface area (Å²) in [6, 6.07) is 6.28. The van der Waals surface area contributed by atoms with Crippen molar-refractivity contribution in [3.8, 4) is 5.75 Å². The van der Waals surface area contributed by atoms with E-state index in [0.717, 1.165) is 5.56 Å². The normalized spacial score (nSPS) is 21.7. The van der Waals surface area contributed by atoms with Crippen LogP contribution in [0.2, 0.25) is 0 Å². The van der Waals surface area contributed by atoms with E-state index in [1.807, 2.05) is 24.3 Å². The van der Waals surface area contributed by atoms with Gasteiger partial charge in [0, 0.05) is 14.2 Å². The zero-order valence-electron chi connectivity index (χ0n) is 20.3. The van der Waals surface area contributed by atoms with Gasteiger partial charge in [-0.25, -0.2) is 4.79 Å². The third kappa shape index (κ3) is 6.12. The van der Waals surface area contributed by atoms with E-state index in [0.29, 0.717) is 12.2 Å². The zero-order chi connectivity index (χ0) is 24.3. The number of ether oxygens (including phenoxy) is 2. The predicted octanol–water partition coefficient (Wildman–Crippen LogP) is 5.07. The molecule has 1 heterocycles. The third-order valence-corrected chi connectivity index (χ3v) is 7.54. The maximum absolute atomic E-state index is 13.4. The number of hydrogen-bond donors (Lipinski definition) is 0. The highest BCUT2D eigenvalue weighted by Crippen LogP contribution is 2.50. The van der Waals surface area contributed by atoms with E-state index in [-0.39, 0.29) is 23.7 Å². The Morgan fingerprint density at radius 3 is 2.09 bits per heavy atom. The van der Waals surface area contributed by atoms with E-state index in [9.17, 15) is 14.2 Å². The van der Waals surface area contributed by atoms with Gasteiger partial charge in [0.05, 0.1) is 19.2 Å². The van der Waals surface area contributed by atoms with Gasteiger partial charge >= 0.3 is 13.7 Å². The average molecular weight is 470 g/mol. The second-order valence-electron chi connectivity index (χ2n) is 9.37. The van der Waals surface area contributed by atoms with Gasteiger partial charge in [0.1, 0.15) is 17.5 Å². The minimum Gasteiger partial charge on any atom is -0.497 e. The molecule has 1 aromatic rings. The Hall–Kier alpha value is -1.89. The van der Waals surface area contributed by atoms with E-state index in [2.05, 4.69) is 13.8 Å². The molecule has 1 amide bonds. The fraction of sp³-hybridized carbons (Fsp3) is 0.652. The highest BCUT2D eigenvalue weighted by molar-refractivity contribution is 7.54. The molecule has 9 heteroatoms. The summed E-state index contributed by atoms with van der Waals surface area (Å²) in [7, 11) is 0.502. The van der Waals surface area contributed by atoms with E-state index in [1.165, 1.54) is 19.1 Å². The summed E-state index contributed by atoms with van der Waals surface area (Å²) < 4.78 is 33.5. The second kappa shape index (κ2) is 10.4. The maximum Gasteiger partial charge on any atom is 0.411 e. The van der Waals surface area contributed by atoms with Gasteiger partial charge in [-0.2, -0.15) is 0 Å². The summed E-state index contributed by atoms with van der Waals surface area (Å²) in [5, 5.41) is 0. The van der Waals surface area contributed by atoms with Gasteiger partial charge < -0.3 is 18.5 Å². The van der Waals surface area contributed by atoms with Crippen LogP contribution in [-0.4, -0.2) is 55.9 Å². The summed E-state index contributed by atoms with van der Waals surface area (Å²) in [5.74, 6) is 0.505. The Morgan fingerprint density at radius 1 is 1.09 bits per heavy atom. The lowest BCUT2D eigenvalue weighted by Gasteiger charge is -2.34. The van der Waals surface area contributed by atoms with Gasteiger partial charge in [0.15, 0.2) is 5.78 Å². The van der Waals surface area contributed by atoms with Crippen molar-refractivity contribution >= 4 is 19.5 Å². The molecule has 1 saturated heterocycles. The number of rotatable bonds is 8. The van der Waals surface area contributed by atoms with Gasteiger partial charge in [0.25, 0.3) is 0 Å². The van der Waals surface area contributed by atoms with Gasteiger partial charge in [0.2, 0.25) is 0 Å². The number of hydrogen-bond acceptors (Lipinski definition) is 7. The smallest absolute Gasteiger partial charge is 0.411 e. The molecule has 1 aliphatic rings. The molecule has 0 N–H and O–H groups in total. The summed E-state index contributed by atoms with van der Waals surface area (Å²) in [4.78, 5) is 28.2. The minimum absolute atomic E-state index is 0.00524. The van der Waals surface area contributed by atoms with Crippen LogP contribution in [0.15, 0.2) is 24.3 Å². The molecule has 3 atom stereocenters. The maximum atomic E-state index is 13.4. The monoisotopic (exact) mass is 469 g/mol. The first-order valence-corrected chi connectivity index (χ1v) is 12.5. The number of Topliss-reactive ketones (excluding diaryl/α,β-unsaturated/α-hetero) is 1. The molecule has 0 bridgehead atoms. The minimum atomic E-state index is -3.58. The molecule has 0 radical (unpaired) electrons.